The smallest absolute Gasteiger partial charge is 0.330 e. The number of benzene rings is 1. The highest BCUT2D eigenvalue weighted by Gasteiger charge is 2.21. The van der Waals surface area contributed by atoms with E-state index in [2.05, 4.69) is 10.2 Å². The van der Waals surface area contributed by atoms with Crippen LogP contribution in [0.4, 0.5) is 0 Å². The van der Waals surface area contributed by atoms with Gasteiger partial charge in [0.15, 0.2) is 6.04 Å². The summed E-state index contributed by atoms with van der Waals surface area (Å²) in [6, 6.07) is 8.76. The SMILES string of the molecule is CCOC(=O)C(N)c1nnc(-c2ccccc2)s1. The van der Waals surface area contributed by atoms with Gasteiger partial charge in [-0.15, -0.1) is 10.2 Å². The maximum absolute atomic E-state index is 11.5. The Morgan fingerprint density at radius 1 is 1.39 bits per heavy atom. The summed E-state index contributed by atoms with van der Waals surface area (Å²) >= 11 is 1.30. The van der Waals surface area contributed by atoms with Gasteiger partial charge in [-0.2, -0.15) is 0 Å². The van der Waals surface area contributed by atoms with Gasteiger partial charge in [0.05, 0.1) is 6.61 Å². The third-order valence-electron chi connectivity index (χ3n) is 2.27. The second-order valence-corrected chi connectivity index (χ2v) is 4.55. The minimum absolute atomic E-state index is 0.302. The van der Waals surface area contributed by atoms with Crippen molar-refractivity contribution in [2.75, 3.05) is 6.61 Å². The van der Waals surface area contributed by atoms with E-state index >= 15 is 0 Å². The summed E-state index contributed by atoms with van der Waals surface area (Å²) in [6.45, 7) is 2.04. The van der Waals surface area contributed by atoms with Crippen molar-refractivity contribution in [1.29, 1.82) is 0 Å². The summed E-state index contributed by atoms with van der Waals surface area (Å²) in [5, 5.41) is 9.18. The Labute approximate surface area is 109 Å². The molecule has 18 heavy (non-hydrogen) atoms. The summed E-state index contributed by atoms with van der Waals surface area (Å²) in [5.41, 5.74) is 6.71. The number of ether oxygens (including phenoxy) is 1. The van der Waals surface area contributed by atoms with E-state index in [9.17, 15) is 4.79 Å². The summed E-state index contributed by atoms with van der Waals surface area (Å²) in [7, 11) is 0. The van der Waals surface area contributed by atoms with Crippen molar-refractivity contribution in [3.8, 4) is 10.6 Å². The normalized spacial score (nSPS) is 12.1. The van der Waals surface area contributed by atoms with Gasteiger partial charge in [-0.3, -0.25) is 0 Å². The van der Waals surface area contributed by atoms with Crippen LogP contribution in [0.25, 0.3) is 10.6 Å². The number of nitrogens with two attached hydrogens (primary N) is 1. The van der Waals surface area contributed by atoms with E-state index in [1.54, 1.807) is 6.92 Å². The third kappa shape index (κ3) is 2.72. The predicted molar refractivity (Wildman–Crippen MR) is 68.9 cm³/mol. The largest absolute Gasteiger partial charge is 0.465 e. The molecule has 0 aliphatic rings. The molecule has 5 nitrogen and oxygen atoms in total. The number of nitrogens with zero attached hydrogens (tertiary/aromatic N) is 2. The Hall–Kier alpha value is -1.79. The van der Waals surface area contributed by atoms with Gasteiger partial charge in [-0.05, 0) is 6.92 Å². The number of hydrogen-bond acceptors (Lipinski definition) is 6. The molecular formula is C12H13N3O2S. The molecule has 1 atom stereocenters. The van der Waals surface area contributed by atoms with E-state index in [1.807, 2.05) is 30.3 Å². The molecule has 0 aliphatic carbocycles. The molecule has 0 saturated carbocycles. The first-order valence-corrected chi connectivity index (χ1v) is 6.35. The Morgan fingerprint density at radius 2 is 2.11 bits per heavy atom. The molecule has 1 aromatic carbocycles. The number of hydrogen-bond donors (Lipinski definition) is 1. The number of esters is 1. The van der Waals surface area contributed by atoms with Crippen molar-refractivity contribution in [2.24, 2.45) is 5.73 Å². The minimum Gasteiger partial charge on any atom is -0.465 e. The summed E-state index contributed by atoms with van der Waals surface area (Å²) in [6.07, 6.45) is 0. The van der Waals surface area contributed by atoms with Gasteiger partial charge in [0.25, 0.3) is 0 Å². The quantitative estimate of drug-likeness (QED) is 0.850. The summed E-state index contributed by atoms with van der Waals surface area (Å²) < 4.78 is 4.85. The molecule has 0 bridgehead atoms. The Kier molecular flexibility index (Phi) is 4.01. The molecule has 0 fully saturated rings. The van der Waals surface area contributed by atoms with E-state index in [0.29, 0.717) is 11.6 Å². The van der Waals surface area contributed by atoms with Crippen LogP contribution in [0, 0.1) is 0 Å². The summed E-state index contributed by atoms with van der Waals surface area (Å²) in [4.78, 5) is 11.5. The van der Waals surface area contributed by atoms with Gasteiger partial charge in [-0.25, -0.2) is 4.79 Å². The van der Waals surface area contributed by atoms with E-state index in [-0.39, 0.29) is 0 Å². The highest BCUT2D eigenvalue weighted by atomic mass is 32.1. The molecular weight excluding hydrogens is 250 g/mol. The molecule has 0 spiro atoms. The van der Waals surface area contributed by atoms with Gasteiger partial charge >= 0.3 is 5.97 Å². The van der Waals surface area contributed by atoms with E-state index < -0.39 is 12.0 Å². The third-order valence-corrected chi connectivity index (χ3v) is 3.32. The maximum atomic E-state index is 11.5. The number of aromatic nitrogens is 2. The molecule has 1 aromatic heterocycles. The molecule has 2 rings (SSSR count). The van der Waals surface area contributed by atoms with Gasteiger partial charge in [-0.1, -0.05) is 41.7 Å². The van der Waals surface area contributed by atoms with Crippen molar-refractivity contribution in [2.45, 2.75) is 13.0 Å². The lowest BCUT2D eigenvalue weighted by Gasteiger charge is -2.05. The van der Waals surface area contributed by atoms with Gasteiger partial charge in [0.2, 0.25) is 0 Å². The standard InChI is InChI=1S/C12H13N3O2S/c1-2-17-12(16)9(13)11-15-14-10(18-11)8-6-4-3-5-7-8/h3-7,9H,2,13H2,1H3. The van der Waals surface area contributed by atoms with Gasteiger partial charge in [0, 0.05) is 5.56 Å². The van der Waals surface area contributed by atoms with E-state index in [4.69, 9.17) is 10.5 Å². The van der Waals surface area contributed by atoms with Crippen molar-refractivity contribution < 1.29 is 9.53 Å². The zero-order valence-electron chi connectivity index (χ0n) is 9.87. The topological polar surface area (TPSA) is 78.1 Å². The fraction of sp³-hybridized carbons (Fsp3) is 0.250. The molecule has 0 radical (unpaired) electrons. The fourth-order valence-electron chi connectivity index (χ4n) is 1.39. The lowest BCUT2D eigenvalue weighted by atomic mass is 10.2. The first kappa shape index (κ1) is 12.7. The zero-order chi connectivity index (χ0) is 13.0. The van der Waals surface area contributed by atoms with Crippen LogP contribution < -0.4 is 5.73 Å². The van der Waals surface area contributed by atoms with Crippen LogP contribution in [-0.2, 0) is 9.53 Å². The van der Waals surface area contributed by atoms with Gasteiger partial charge in [0.1, 0.15) is 10.0 Å². The lowest BCUT2D eigenvalue weighted by Crippen LogP contribution is -2.23. The monoisotopic (exact) mass is 263 g/mol. The Balaban J connectivity index is 2.18. The van der Waals surface area contributed by atoms with Crippen LogP contribution in [0.3, 0.4) is 0 Å². The van der Waals surface area contributed by atoms with Crippen LogP contribution in [0.5, 0.6) is 0 Å². The van der Waals surface area contributed by atoms with E-state index in [0.717, 1.165) is 10.6 Å². The highest BCUT2D eigenvalue weighted by molar-refractivity contribution is 7.14. The van der Waals surface area contributed by atoms with Crippen molar-refractivity contribution in [1.82, 2.24) is 10.2 Å². The first-order chi connectivity index (χ1) is 8.72. The number of rotatable bonds is 4. The Morgan fingerprint density at radius 3 is 2.78 bits per heavy atom. The highest BCUT2D eigenvalue weighted by Crippen LogP contribution is 2.26. The number of carbonyl (C=O) groups is 1. The average molecular weight is 263 g/mol. The fourth-order valence-corrected chi connectivity index (χ4v) is 2.23. The molecule has 0 saturated heterocycles. The van der Waals surface area contributed by atoms with E-state index in [1.165, 1.54) is 11.3 Å². The summed E-state index contributed by atoms with van der Waals surface area (Å²) in [5.74, 6) is -0.478. The van der Waals surface area contributed by atoms with Crippen molar-refractivity contribution in [3.05, 3.63) is 35.3 Å². The van der Waals surface area contributed by atoms with Crippen LogP contribution in [0.1, 0.15) is 18.0 Å². The zero-order valence-corrected chi connectivity index (χ0v) is 10.7. The minimum atomic E-state index is -0.861. The van der Waals surface area contributed by atoms with Gasteiger partial charge < -0.3 is 10.5 Å². The molecule has 2 aromatic rings. The average Bonchev–Trinajstić information content (AvgIpc) is 2.89. The second kappa shape index (κ2) is 5.70. The molecule has 0 amide bonds. The first-order valence-electron chi connectivity index (χ1n) is 5.53. The molecule has 2 N–H and O–H groups in total. The van der Waals surface area contributed by atoms with Crippen LogP contribution >= 0.6 is 11.3 Å². The van der Waals surface area contributed by atoms with Crippen LogP contribution in [-0.4, -0.2) is 22.8 Å². The Bertz CT molecular complexity index is 527. The molecule has 6 heteroatoms. The lowest BCUT2D eigenvalue weighted by molar-refractivity contribution is -0.144. The molecule has 1 heterocycles. The number of carbonyl (C=O) groups excluding carboxylic acids is 1. The molecule has 94 valence electrons. The second-order valence-electron chi connectivity index (χ2n) is 3.54. The van der Waals surface area contributed by atoms with Crippen LogP contribution in [0.15, 0.2) is 30.3 Å². The molecule has 1 unspecified atom stereocenters. The van der Waals surface area contributed by atoms with Crippen LogP contribution in [0.2, 0.25) is 0 Å². The predicted octanol–water partition coefficient (Wildman–Crippen LogP) is 1.77. The molecule has 0 aliphatic heterocycles. The maximum Gasteiger partial charge on any atom is 0.330 e. The van der Waals surface area contributed by atoms with Crippen molar-refractivity contribution in [3.63, 3.8) is 0 Å². The van der Waals surface area contributed by atoms with Crippen molar-refractivity contribution >= 4 is 17.3 Å².